The molecule has 1 unspecified atom stereocenters. The van der Waals surface area contributed by atoms with E-state index in [1.807, 2.05) is 0 Å². The van der Waals surface area contributed by atoms with Gasteiger partial charge < -0.3 is 0 Å². The molecule has 2 rings (SSSR count). The van der Waals surface area contributed by atoms with Crippen molar-refractivity contribution in [3.05, 3.63) is 35.4 Å². The average Bonchev–Trinajstić information content (AvgIpc) is 2.59. The van der Waals surface area contributed by atoms with Crippen molar-refractivity contribution in [1.29, 1.82) is 0 Å². The molecule has 20 heavy (non-hydrogen) atoms. The molecule has 6 nitrogen and oxygen atoms in total. The van der Waals surface area contributed by atoms with Crippen LogP contribution >= 0.6 is 0 Å². The van der Waals surface area contributed by atoms with Crippen LogP contribution in [0.2, 0.25) is 0 Å². The molecule has 0 bridgehead atoms. The Morgan fingerprint density at radius 2 is 1.55 bits per heavy atom. The first-order chi connectivity index (χ1) is 9.22. The molecule has 0 radical (unpaired) electrons. The van der Waals surface area contributed by atoms with Gasteiger partial charge in [-0.05, 0) is 18.1 Å². The van der Waals surface area contributed by atoms with Crippen molar-refractivity contribution in [2.24, 2.45) is 5.92 Å². The lowest BCUT2D eigenvalue weighted by Crippen LogP contribution is -2.46. The average molecular weight is 297 g/mol. The van der Waals surface area contributed by atoms with E-state index in [2.05, 4.69) is 0 Å². The van der Waals surface area contributed by atoms with E-state index >= 15 is 0 Å². The minimum absolute atomic E-state index is 0.262. The van der Waals surface area contributed by atoms with Gasteiger partial charge in [-0.2, -0.15) is 8.42 Å². The number of nitrogens with zero attached hydrogens (tertiary/aromatic N) is 1. The number of amides is 2. The quantitative estimate of drug-likeness (QED) is 0.666. The Bertz CT molecular complexity index is 630. The van der Waals surface area contributed by atoms with Crippen molar-refractivity contribution in [3.8, 4) is 0 Å². The Balaban J connectivity index is 2.42. The van der Waals surface area contributed by atoms with Crippen LogP contribution in [0, 0.1) is 5.92 Å². The third kappa shape index (κ3) is 2.59. The molecule has 1 aromatic carbocycles. The predicted molar refractivity (Wildman–Crippen MR) is 72.0 cm³/mol. The molecule has 1 aromatic rings. The number of benzene rings is 1. The van der Waals surface area contributed by atoms with Gasteiger partial charge in [0, 0.05) is 0 Å². The molecule has 1 heterocycles. The maximum absolute atomic E-state index is 12.3. The number of fused-ring (bicyclic) bond motifs is 1. The van der Waals surface area contributed by atoms with Crippen molar-refractivity contribution in [3.63, 3.8) is 0 Å². The van der Waals surface area contributed by atoms with Crippen molar-refractivity contribution in [1.82, 2.24) is 4.90 Å². The first-order valence-corrected chi connectivity index (χ1v) is 7.75. The number of rotatable bonds is 4. The summed E-state index contributed by atoms with van der Waals surface area (Å²) in [4.78, 5) is 25.5. The van der Waals surface area contributed by atoms with Crippen LogP contribution in [-0.2, 0) is 10.1 Å². The minimum Gasteiger partial charge on any atom is -0.285 e. The molecule has 108 valence electrons. The second-order valence-corrected chi connectivity index (χ2v) is 6.58. The highest BCUT2D eigenvalue weighted by Crippen LogP contribution is 2.27. The van der Waals surface area contributed by atoms with Gasteiger partial charge in [0.25, 0.3) is 21.9 Å². The third-order valence-corrected chi connectivity index (χ3v) is 4.07. The first-order valence-electron chi connectivity index (χ1n) is 6.14. The number of imide groups is 1. The summed E-state index contributed by atoms with van der Waals surface area (Å²) in [5.74, 6) is -1.99. The molecule has 1 aliphatic rings. The van der Waals surface area contributed by atoms with Crippen LogP contribution in [0.1, 0.15) is 34.6 Å². The number of carbonyl (C=O) groups is 2. The third-order valence-electron chi connectivity index (χ3n) is 3.31. The monoisotopic (exact) mass is 297 g/mol. The van der Waals surface area contributed by atoms with Gasteiger partial charge in [0.05, 0.1) is 22.9 Å². The second-order valence-electron chi connectivity index (χ2n) is 5.09. The van der Waals surface area contributed by atoms with Crippen LogP contribution in [0.15, 0.2) is 24.3 Å². The van der Waals surface area contributed by atoms with E-state index in [4.69, 9.17) is 4.55 Å². The highest BCUT2D eigenvalue weighted by Gasteiger charge is 2.42. The molecule has 0 saturated heterocycles. The van der Waals surface area contributed by atoms with Crippen LogP contribution in [0.4, 0.5) is 0 Å². The van der Waals surface area contributed by atoms with Gasteiger partial charge in [-0.25, -0.2) is 0 Å². The van der Waals surface area contributed by atoms with Crippen molar-refractivity contribution in [2.75, 3.05) is 5.75 Å². The summed E-state index contributed by atoms with van der Waals surface area (Å²) >= 11 is 0. The van der Waals surface area contributed by atoms with Crippen molar-refractivity contribution >= 4 is 21.9 Å². The Morgan fingerprint density at radius 3 is 1.90 bits per heavy atom. The molecule has 0 fully saturated rings. The maximum Gasteiger partial charge on any atom is 0.266 e. The van der Waals surface area contributed by atoms with Crippen LogP contribution in [-0.4, -0.2) is 41.5 Å². The van der Waals surface area contributed by atoms with Gasteiger partial charge >= 0.3 is 0 Å². The van der Waals surface area contributed by atoms with E-state index in [9.17, 15) is 18.0 Å². The van der Waals surface area contributed by atoms with E-state index in [1.54, 1.807) is 26.0 Å². The van der Waals surface area contributed by atoms with Crippen molar-refractivity contribution < 1.29 is 22.6 Å². The maximum atomic E-state index is 12.3. The Kier molecular flexibility index (Phi) is 3.66. The fourth-order valence-electron chi connectivity index (χ4n) is 2.29. The summed E-state index contributed by atoms with van der Waals surface area (Å²) in [6, 6.07) is 5.44. The lowest BCUT2D eigenvalue weighted by molar-refractivity contribution is 0.0561. The Morgan fingerprint density at radius 1 is 1.10 bits per heavy atom. The number of hydrogen-bond acceptors (Lipinski definition) is 4. The highest BCUT2D eigenvalue weighted by atomic mass is 32.2. The van der Waals surface area contributed by atoms with Gasteiger partial charge in [0.15, 0.2) is 0 Å². The predicted octanol–water partition coefficient (Wildman–Crippen LogP) is 1.19. The summed E-state index contributed by atoms with van der Waals surface area (Å²) in [5.41, 5.74) is 0.525. The fourth-order valence-corrected chi connectivity index (χ4v) is 3.26. The minimum atomic E-state index is -4.29. The fraction of sp³-hybridized carbons (Fsp3) is 0.385. The molecule has 0 spiro atoms. The lowest BCUT2D eigenvalue weighted by atomic mass is 10.0. The van der Waals surface area contributed by atoms with E-state index in [1.165, 1.54) is 12.1 Å². The lowest BCUT2D eigenvalue weighted by Gasteiger charge is -2.28. The first kappa shape index (κ1) is 14.7. The summed E-state index contributed by atoms with van der Waals surface area (Å²) in [7, 11) is -4.29. The molecule has 1 N–H and O–H groups in total. The summed E-state index contributed by atoms with van der Waals surface area (Å²) in [6.07, 6.45) is 0. The van der Waals surface area contributed by atoms with Gasteiger partial charge in [-0.15, -0.1) is 0 Å². The highest BCUT2D eigenvalue weighted by molar-refractivity contribution is 7.85. The molecule has 1 atom stereocenters. The van der Waals surface area contributed by atoms with Gasteiger partial charge in [-0.3, -0.25) is 19.0 Å². The zero-order valence-electron chi connectivity index (χ0n) is 11.1. The molecule has 1 aliphatic heterocycles. The van der Waals surface area contributed by atoms with Gasteiger partial charge in [0.1, 0.15) is 0 Å². The van der Waals surface area contributed by atoms with E-state index in [-0.39, 0.29) is 17.0 Å². The summed E-state index contributed by atoms with van der Waals surface area (Å²) in [5, 5.41) is 0. The van der Waals surface area contributed by atoms with Crippen molar-refractivity contribution in [2.45, 2.75) is 19.9 Å². The zero-order chi connectivity index (χ0) is 15.1. The molecular formula is C13H15NO5S. The summed E-state index contributed by atoms with van der Waals surface area (Å²) in [6.45, 7) is 3.39. The molecule has 0 aliphatic carbocycles. The van der Waals surface area contributed by atoms with E-state index in [0.29, 0.717) is 0 Å². The summed E-state index contributed by atoms with van der Waals surface area (Å²) < 4.78 is 31.2. The topological polar surface area (TPSA) is 91.8 Å². The molecule has 0 saturated carbocycles. The SMILES string of the molecule is CC(C)C(CS(=O)(=O)O)N1C(=O)c2ccccc2C1=O. The van der Waals surface area contributed by atoms with E-state index in [0.717, 1.165) is 4.90 Å². The molecule has 7 heteroatoms. The largest absolute Gasteiger partial charge is 0.285 e. The zero-order valence-corrected chi connectivity index (χ0v) is 11.9. The molecule has 0 aromatic heterocycles. The van der Waals surface area contributed by atoms with E-state index < -0.39 is 33.7 Å². The van der Waals surface area contributed by atoms with Crippen LogP contribution in [0.3, 0.4) is 0 Å². The number of hydrogen-bond donors (Lipinski definition) is 1. The standard InChI is InChI=1S/C13H15NO5S/c1-8(2)11(7-20(17,18)19)14-12(15)9-5-3-4-6-10(9)13(14)16/h3-6,8,11H,7H2,1-2H3,(H,17,18,19). The Labute approximate surface area is 117 Å². The Hall–Kier alpha value is -1.73. The normalized spacial score (nSPS) is 16.7. The van der Waals surface area contributed by atoms with Crippen LogP contribution in [0.5, 0.6) is 0 Å². The second kappa shape index (κ2) is 4.99. The molecular weight excluding hydrogens is 282 g/mol. The van der Waals surface area contributed by atoms with Gasteiger partial charge in [0.2, 0.25) is 0 Å². The smallest absolute Gasteiger partial charge is 0.266 e. The van der Waals surface area contributed by atoms with Gasteiger partial charge in [-0.1, -0.05) is 26.0 Å². The number of carbonyl (C=O) groups excluding carboxylic acids is 2. The van der Waals surface area contributed by atoms with Crippen LogP contribution in [0.25, 0.3) is 0 Å². The molecule has 2 amide bonds. The van der Waals surface area contributed by atoms with Crippen LogP contribution < -0.4 is 0 Å².